The zero-order valence-corrected chi connectivity index (χ0v) is 9.49. The van der Waals surface area contributed by atoms with E-state index in [1.165, 1.54) is 12.8 Å². The summed E-state index contributed by atoms with van der Waals surface area (Å²) in [4.78, 5) is 14.0. The molecule has 1 saturated carbocycles. The molecule has 14 heavy (non-hydrogen) atoms. The second-order valence-electron chi connectivity index (χ2n) is 4.41. The van der Waals surface area contributed by atoms with Crippen LogP contribution in [0.15, 0.2) is 0 Å². The molecule has 3 heteroatoms. The number of rotatable bonds is 5. The van der Waals surface area contributed by atoms with Crippen molar-refractivity contribution in [2.75, 3.05) is 6.54 Å². The molecule has 82 valence electrons. The van der Waals surface area contributed by atoms with Crippen LogP contribution in [-0.4, -0.2) is 29.4 Å². The predicted molar refractivity (Wildman–Crippen MR) is 57.8 cm³/mol. The number of amides is 1. The van der Waals surface area contributed by atoms with Gasteiger partial charge in [-0.05, 0) is 26.2 Å². The van der Waals surface area contributed by atoms with Crippen molar-refractivity contribution >= 4 is 5.91 Å². The van der Waals surface area contributed by atoms with E-state index >= 15 is 0 Å². The van der Waals surface area contributed by atoms with Crippen molar-refractivity contribution in [1.82, 2.24) is 4.90 Å². The molecule has 0 saturated heterocycles. The maximum Gasteiger partial charge on any atom is 0.227 e. The fourth-order valence-corrected chi connectivity index (χ4v) is 1.59. The maximum absolute atomic E-state index is 12.0. The Bertz CT molecular complexity index is 199. The van der Waals surface area contributed by atoms with Gasteiger partial charge >= 0.3 is 0 Å². The molecule has 0 spiro atoms. The summed E-state index contributed by atoms with van der Waals surface area (Å²) >= 11 is 0. The average molecular weight is 198 g/mol. The molecule has 3 nitrogen and oxygen atoms in total. The Morgan fingerprint density at radius 3 is 2.43 bits per heavy atom. The van der Waals surface area contributed by atoms with Crippen molar-refractivity contribution in [3.05, 3.63) is 0 Å². The van der Waals surface area contributed by atoms with Crippen molar-refractivity contribution in [2.45, 2.75) is 52.1 Å². The maximum atomic E-state index is 12.0. The highest BCUT2D eigenvalue weighted by atomic mass is 16.2. The highest BCUT2D eigenvalue weighted by Crippen LogP contribution is 2.28. The lowest BCUT2D eigenvalue weighted by molar-refractivity contribution is -0.136. The first-order chi connectivity index (χ1) is 6.57. The first kappa shape index (κ1) is 11.5. The zero-order chi connectivity index (χ0) is 10.7. The van der Waals surface area contributed by atoms with E-state index < -0.39 is 0 Å². The largest absolute Gasteiger partial charge is 0.339 e. The fraction of sp³-hybridized carbons (Fsp3) is 0.909. The number of carbonyl (C=O) groups is 1. The standard InChI is InChI=1S/C11H22N2O/c1-4-7-13(10-5-6-10)11(14)8(2)9(3)12/h8-10H,4-7,12H2,1-3H3. The molecule has 0 radical (unpaired) electrons. The first-order valence-electron chi connectivity index (χ1n) is 5.64. The normalized spacial score (nSPS) is 20.3. The van der Waals surface area contributed by atoms with Crippen molar-refractivity contribution in [2.24, 2.45) is 11.7 Å². The summed E-state index contributed by atoms with van der Waals surface area (Å²) in [6.07, 6.45) is 3.39. The smallest absolute Gasteiger partial charge is 0.227 e. The van der Waals surface area contributed by atoms with Gasteiger partial charge in [-0.1, -0.05) is 13.8 Å². The third kappa shape index (κ3) is 2.71. The van der Waals surface area contributed by atoms with Crippen LogP contribution in [0.1, 0.15) is 40.0 Å². The molecule has 2 atom stereocenters. The Morgan fingerprint density at radius 1 is 1.50 bits per heavy atom. The van der Waals surface area contributed by atoms with E-state index in [4.69, 9.17) is 5.73 Å². The third-order valence-electron chi connectivity index (χ3n) is 2.91. The second kappa shape index (κ2) is 4.78. The Balaban J connectivity index is 2.53. The van der Waals surface area contributed by atoms with Crippen LogP contribution < -0.4 is 5.73 Å². The van der Waals surface area contributed by atoms with Crippen LogP contribution in [0.3, 0.4) is 0 Å². The van der Waals surface area contributed by atoms with E-state index in [1.807, 2.05) is 18.7 Å². The summed E-state index contributed by atoms with van der Waals surface area (Å²) in [6, 6.07) is 0.476. The molecule has 0 aromatic heterocycles. The molecular weight excluding hydrogens is 176 g/mol. The SMILES string of the molecule is CCCN(C(=O)C(C)C(C)N)C1CC1. The highest BCUT2D eigenvalue weighted by molar-refractivity contribution is 5.79. The van der Waals surface area contributed by atoms with E-state index in [0.717, 1.165) is 13.0 Å². The molecule has 0 aromatic rings. The molecular formula is C11H22N2O. The Hall–Kier alpha value is -0.570. The van der Waals surface area contributed by atoms with Crippen LogP contribution in [0.4, 0.5) is 0 Å². The van der Waals surface area contributed by atoms with Gasteiger partial charge in [0.1, 0.15) is 0 Å². The minimum atomic E-state index is -0.0411. The van der Waals surface area contributed by atoms with Gasteiger partial charge in [-0.25, -0.2) is 0 Å². The van der Waals surface area contributed by atoms with Gasteiger partial charge in [0, 0.05) is 18.6 Å². The molecule has 1 fully saturated rings. The van der Waals surface area contributed by atoms with Crippen LogP contribution in [-0.2, 0) is 4.79 Å². The van der Waals surface area contributed by atoms with E-state index in [0.29, 0.717) is 6.04 Å². The summed E-state index contributed by atoms with van der Waals surface area (Å²) in [5.74, 6) is 0.200. The third-order valence-corrected chi connectivity index (χ3v) is 2.91. The molecule has 0 bridgehead atoms. The van der Waals surface area contributed by atoms with Crippen LogP contribution >= 0.6 is 0 Å². The lowest BCUT2D eigenvalue weighted by Crippen LogP contribution is -2.43. The number of nitrogens with two attached hydrogens (primary N) is 1. The van der Waals surface area contributed by atoms with Crippen molar-refractivity contribution in [3.63, 3.8) is 0 Å². The molecule has 1 rings (SSSR count). The monoisotopic (exact) mass is 198 g/mol. The molecule has 1 amide bonds. The summed E-state index contributed by atoms with van der Waals surface area (Å²) in [7, 11) is 0. The topological polar surface area (TPSA) is 46.3 Å². The fourth-order valence-electron chi connectivity index (χ4n) is 1.59. The highest BCUT2D eigenvalue weighted by Gasteiger charge is 2.34. The number of hydrogen-bond acceptors (Lipinski definition) is 2. The molecule has 0 aliphatic heterocycles. The number of carbonyl (C=O) groups excluding carboxylic acids is 1. The van der Waals surface area contributed by atoms with Crippen molar-refractivity contribution in [3.8, 4) is 0 Å². The van der Waals surface area contributed by atoms with Crippen molar-refractivity contribution < 1.29 is 4.79 Å². The predicted octanol–water partition coefficient (Wildman–Crippen LogP) is 1.37. The Labute approximate surface area is 86.6 Å². The van der Waals surface area contributed by atoms with E-state index in [1.54, 1.807) is 0 Å². The quantitative estimate of drug-likeness (QED) is 0.725. The molecule has 0 aromatic carbocycles. The number of hydrogen-bond donors (Lipinski definition) is 1. The summed E-state index contributed by atoms with van der Waals surface area (Å²) in [6.45, 7) is 6.83. The summed E-state index contributed by atoms with van der Waals surface area (Å²) < 4.78 is 0. The first-order valence-corrected chi connectivity index (χ1v) is 5.64. The van der Waals surface area contributed by atoms with Crippen LogP contribution in [0, 0.1) is 5.92 Å². The Morgan fingerprint density at radius 2 is 2.07 bits per heavy atom. The zero-order valence-electron chi connectivity index (χ0n) is 9.49. The minimum absolute atomic E-state index is 0.0397. The lowest BCUT2D eigenvalue weighted by atomic mass is 10.0. The van der Waals surface area contributed by atoms with Gasteiger partial charge < -0.3 is 10.6 Å². The second-order valence-corrected chi connectivity index (χ2v) is 4.41. The van der Waals surface area contributed by atoms with Crippen LogP contribution in [0.25, 0.3) is 0 Å². The molecule has 0 heterocycles. The Kier molecular flexibility index (Phi) is 3.93. The van der Waals surface area contributed by atoms with Gasteiger partial charge in [0.25, 0.3) is 0 Å². The average Bonchev–Trinajstić information content (AvgIpc) is 2.95. The van der Waals surface area contributed by atoms with Crippen LogP contribution in [0.2, 0.25) is 0 Å². The van der Waals surface area contributed by atoms with Gasteiger partial charge in [-0.2, -0.15) is 0 Å². The van der Waals surface area contributed by atoms with E-state index in [2.05, 4.69) is 6.92 Å². The molecule has 1 aliphatic carbocycles. The van der Waals surface area contributed by atoms with Crippen LogP contribution in [0.5, 0.6) is 0 Å². The molecule has 1 aliphatic rings. The summed E-state index contributed by atoms with van der Waals surface area (Å²) in [5.41, 5.74) is 5.74. The molecule has 2 N–H and O–H groups in total. The van der Waals surface area contributed by atoms with E-state index in [9.17, 15) is 4.79 Å². The lowest BCUT2D eigenvalue weighted by Gasteiger charge is -2.26. The van der Waals surface area contributed by atoms with Crippen molar-refractivity contribution in [1.29, 1.82) is 0 Å². The van der Waals surface area contributed by atoms with Gasteiger partial charge in [0.2, 0.25) is 5.91 Å². The van der Waals surface area contributed by atoms with Gasteiger partial charge in [-0.15, -0.1) is 0 Å². The number of nitrogens with zero attached hydrogens (tertiary/aromatic N) is 1. The molecule has 2 unspecified atom stereocenters. The summed E-state index contributed by atoms with van der Waals surface area (Å²) in [5, 5.41) is 0. The van der Waals surface area contributed by atoms with E-state index in [-0.39, 0.29) is 17.9 Å². The van der Waals surface area contributed by atoms with Gasteiger partial charge in [-0.3, -0.25) is 4.79 Å². The minimum Gasteiger partial charge on any atom is -0.339 e. The van der Waals surface area contributed by atoms with Gasteiger partial charge in [0.05, 0.1) is 5.92 Å². The van der Waals surface area contributed by atoms with Gasteiger partial charge in [0.15, 0.2) is 0 Å².